The highest BCUT2D eigenvalue weighted by Gasteiger charge is 2.45. The van der Waals surface area contributed by atoms with Crippen LogP contribution in [-0.2, 0) is 33.0 Å². The van der Waals surface area contributed by atoms with Gasteiger partial charge in [-0.3, -0.25) is 29.4 Å². The van der Waals surface area contributed by atoms with Crippen LogP contribution >= 0.6 is 0 Å². The zero-order chi connectivity index (χ0) is 28.3. The minimum absolute atomic E-state index is 0.0765. The maximum atomic E-state index is 13.1. The van der Waals surface area contributed by atoms with Crippen molar-refractivity contribution in [2.75, 3.05) is 71.3 Å². The predicted molar refractivity (Wildman–Crippen MR) is 144 cm³/mol. The first-order valence-corrected chi connectivity index (χ1v) is 16.6. The van der Waals surface area contributed by atoms with Gasteiger partial charge in [0.2, 0.25) is 11.8 Å². The first-order valence-electron chi connectivity index (χ1n) is 13.2. The molecule has 0 spiro atoms. The van der Waals surface area contributed by atoms with Gasteiger partial charge in [0.15, 0.2) is 8.32 Å². The number of ether oxygens (including phenoxy) is 4. The number of carbonyl (C=O) groups is 4. The van der Waals surface area contributed by atoms with Crippen molar-refractivity contribution in [3.05, 3.63) is 29.3 Å². The fourth-order valence-electron chi connectivity index (χ4n) is 4.09. The van der Waals surface area contributed by atoms with Crippen LogP contribution in [0.15, 0.2) is 18.2 Å². The van der Waals surface area contributed by atoms with E-state index in [1.807, 2.05) is 0 Å². The summed E-state index contributed by atoms with van der Waals surface area (Å²) in [7, 11) is -1.48. The van der Waals surface area contributed by atoms with Crippen LogP contribution < -0.4 is 10.6 Å². The molecule has 3 rings (SSSR count). The first-order chi connectivity index (χ1) is 18.7. The standard InChI is InChI=1S/C26H39N3O9Si/c1-39(2,3)38-18-17-37-16-15-36-14-13-35-12-11-34-10-9-27-20-6-4-5-19-23(20)26(33)29(25(19)32)21-7-8-22(30)28-24(21)31/h4-6,21,27H,7-18H2,1-3H3,(H,28,30,31). The average molecular weight is 566 g/mol. The highest BCUT2D eigenvalue weighted by molar-refractivity contribution is 6.69. The fraction of sp³-hybridized carbons (Fsp3) is 0.615. The minimum atomic E-state index is -1.48. The number of amides is 4. The highest BCUT2D eigenvalue weighted by atomic mass is 28.4. The molecule has 2 aliphatic rings. The quantitative estimate of drug-likeness (QED) is 0.152. The van der Waals surface area contributed by atoms with E-state index in [0.29, 0.717) is 71.7 Å². The van der Waals surface area contributed by atoms with Crippen LogP contribution in [0.25, 0.3) is 0 Å². The second-order valence-electron chi connectivity index (χ2n) is 10.0. The van der Waals surface area contributed by atoms with E-state index < -0.39 is 38.0 Å². The van der Waals surface area contributed by atoms with Crippen LogP contribution in [-0.4, -0.2) is 109 Å². The van der Waals surface area contributed by atoms with Gasteiger partial charge in [-0.25, -0.2) is 0 Å². The second kappa shape index (κ2) is 15.2. The first kappa shape index (κ1) is 30.9. The molecular weight excluding hydrogens is 526 g/mol. The lowest BCUT2D eigenvalue weighted by atomic mass is 10.0. The lowest BCUT2D eigenvalue weighted by Crippen LogP contribution is -2.54. The SMILES string of the molecule is C[Si](C)(C)OCCOCCOCCOCCOCCNc1cccc2c1C(=O)N(C1CCC(=O)NC1=O)C2=O. The molecule has 4 amide bonds. The summed E-state index contributed by atoms with van der Waals surface area (Å²) in [6.45, 7) is 11.1. The molecule has 1 atom stereocenters. The lowest BCUT2D eigenvalue weighted by molar-refractivity contribution is -0.136. The summed E-state index contributed by atoms with van der Waals surface area (Å²) < 4.78 is 27.7. The molecule has 0 aromatic heterocycles. The Kier molecular flexibility index (Phi) is 12.0. The molecule has 1 aromatic carbocycles. The van der Waals surface area contributed by atoms with Gasteiger partial charge in [0.1, 0.15) is 6.04 Å². The van der Waals surface area contributed by atoms with Crippen molar-refractivity contribution in [2.24, 2.45) is 0 Å². The number of hydrogen-bond donors (Lipinski definition) is 2. The Morgan fingerprint density at radius 2 is 1.44 bits per heavy atom. The van der Waals surface area contributed by atoms with Gasteiger partial charge in [-0.05, 0) is 38.2 Å². The van der Waals surface area contributed by atoms with E-state index in [-0.39, 0.29) is 24.0 Å². The molecule has 216 valence electrons. The van der Waals surface area contributed by atoms with E-state index >= 15 is 0 Å². The van der Waals surface area contributed by atoms with Crippen LogP contribution in [0.4, 0.5) is 5.69 Å². The van der Waals surface area contributed by atoms with Crippen molar-refractivity contribution in [1.82, 2.24) is 10.2 Å². The van der Waals surface area contributed by atoms with E-state index in [0.717, 1.165) is 4.90 Å². The number of fused-ring (bicyclic) bond motifs is 1. The third kappa shape index (κ3) is 9.48. The number of piperidine rings is 1. The molecule has 2 aliphatic heterocycles. The number of anilines is 1. The smallest absolute Gasteiger partial charge is 0.264 e. The highest BCUT2D eigenvalue weighted by Crippen LogP contribution is 2.32. The molecule has 39 heavy (non-hydrogen) atoms. The number of carbonyl (C=O) groups excluding carboxylic acids is 4. The van der Waals surface area contributed by atoms with Crippen LogP contribution in [0.2, 0.25) is 19.6 Å². The summed E-state index contributed by atoms with van der Waals surface area (Å²) in [5.74, 6) is -2.13. The maximum Gasteiger partial charge on any atom is 0.264 e. The predicted octanol–water partition coefficient (Wildman–Crippen LogP) is 1.42. The number of nitrogens with zero attached hydrogens (tertiary/aromatic N) is 1. The summed E-state index contributed by atoms with van der Waals surface area (Å²) in [6, 6.07) is 3.94. The second-order valence-corrected chi connectivity index (χ2v) is 14.5. The topological polar surface area (TPSA) is 142 Å². The summed E-state index contributed by atoms with van der Waals surface area (Å²) in [5.41, 5.74) is 0.944. The van der Waals surface area contributed by atoms with Gasteiger partial charge in [-0.2, -0.15) is 0 Å². The number of benzene rings is 1. The molecule has 1 aromatic rings. The largest absolute Gasteiger partial charge is 0.415 e. The molecule has 1 unspecified atom stereocenters. The van der Waals surface area contributed by atoms with Crippen LogP contribution in [0.1, 0.15) is 33.6 Å². The van der Waals surface area contributed by atoms with Crippen molar-refractivity contribution >= 4 is 37.6 Å². The van der Waals surface area contributed by atoms with Gasteiger partial charge in [0.25, 0.3) is 11.8 Å². The summed E-state index contributed by atoms with van der Waals surface area (Å²) in [6.07, 6.45) is 0.192. The van der Waals surface area contributed by atoms with Gasteiger partial charge in [0, 0.05) is 18.7 Å². The maximum absolute atomic E-state index is 13.1. The van der Waals surface area contributed by atoms with Gasteiger partial charge in [-0.15, -0.1) is 0 Å². The molecule has 1 fully saturated rings. The fourth-order valence-corrected chi connectivity index (χ4v) is 4.78. The molecule has 13 heteroatoms. The van der Waals surface area contributed by atoms with Crippen molar-refractivity contribution in [3.8, 4) is 0 Å². The normalized spacial score (nSPS) is 17.5. The Morgan fingerprint density at radius 1 is 0.846 bits per heavy atom. The van der Waals surface area contributed by atoms with Gasteiger partial charge < -0.3 is 28.7 Å². The lowest BCUT2D eigenvalue weighted by Gasteiger charge is -2.27. The molecule has 0 aliphatic carbocycles. The molecule has 2 heterocycles. The van der Waals surface area contributed by atoms with E-state index in [4.69, 9.17) is 23.4 Å². The number of nitrogens with one attached hydrogen (secondary N) is 2. The molecule has 1 saturated heterocycles. The molecule has 0 bridgehead atoms. The van der Waals surface area contributed by atoms with E-state index in [2.05, 4.69) is 30.3 Å². The number of rotatable bonds is 18. The average Bonchev–Trinajstić information content (AvgIpc) is 3.13. The van der Waals surface area contributed by atoms with Crippen molar-refractivity contribution < 1.29 is 42.6 Å². The molecule has 0 radical (unpaired) electrons. The van der Waals surface area contributed by atoms with Crippen molar-refractivity contribution in [2.45, 2.75) is 38.5 Å². The summed E-state index contributed by atoms with van der Waals surface area (Å²) in [4.78, 5) is 50.6. The molecule has 2 N–H and O–H groups in total. The van der Waals surface area contributed by atoms with Crippen LogP contribution in [0.5, 0.6) is 0 Å². The Labute approximate surface area is 229 Å². The van der Waals surface area contributed by atoms with Gasteiger partial charge >= 0.3 is 0 Å². The Balaban J connectivity index is 1.25. The molecular formula is C26H39N3O9Si. The summed E-state index contributed by atoms with van der Waals surface area (Å²) >= 11 is 0. The van der Waals surface area contributed by atoms with E-state index in [1.165, 1.54) is 0 Å². The van der Waals surface area contributed by atoms with Crippen LogP contribution in [0.3, 0.4) is 0 Å². The third-order valence-electron chi connectivity index (χ3n) is 5.91. The van der Waals surface area contributed by atoms with Crippen molar-refractivity contribution in [3.63, 3.8) is 0 Å². The zero-order valence-corrected chi connectivity index (χ0v) is 23.9. The zero-order valence-electron chi connectivity index (χ0n) is 22.9. The molecule has 12 nitrogen and oxygen atoms in total. The van der Waals surface area contributed by atoms with E-state index in [1.54, 1.807) is 18.2 Å². The van der Waals surface area contributed by atoms with Gasteiger partial charge in [0.05, 0.1) is 70.6 Å². The minimum Gasteiger partial charge on any atom is -0.415 e. The summed E-state index contributed by atoms with van der Waals surface area (Å²) in [5, 5.41) is 5.33. The van der Waals surface area contributed by atoms with Crippen LogP contribution in [0, 0.1) is 0 Å². The van der Waals surface area contributed by atoms with Gasteiger partial charge in [-0.1, -0.05) is 6.07 Å². The Bertz CT molecular complexity index is 1010. The third-order valence-corrected chi connectivity index (χ3v) is 6.98. The number of hydrogen-bond acceptors (Lipinski definition) is 10. The monoisotopic (exact) mass is 565 g/mol. The van der Waals surface area contributed by atoms with Crippen molar-refractivity contribution in [1.29, 1.82) is 0 Å². The Hall–Kier alpha value is -2.68. The molecule has 0 saturated carbocycles. The Morgan fingerprint density at radius 3 is 2.03 bits per heavy atom. The number of imide groups is 2. The van der Waals surface area contributed by atoms with E-state index in [9.17, 15) is 19.2 Å².